The molecule has 130 valence electrons. The number of benzene rings is 1. The van der Waals surface area contributed by atoms with Crippen LogP contribution in [0.1, 0.15) is 47.9 Å². The largest absolute Gasteiger partial charge is 0.345 e. The molecule has 1 N–H and O–H groups in total. The number of rotatable bonds is 5. The fourth-order valence-corrected chi connectivity index (χ4v) is 3.53. The topological polar surface area (TPSA) is 63.2 Å². The highest BCUT2D eigenvalue weighted by molar-refractivity contribution is 6.15. The molecule has 0 radical (unpaired) electrons. The molecule has 1 aromatic carbocycles. The van der Waals surface area contributed by atoms with E-state index in [1.165, 1.54) is 0 Å². The lowest BCUT2D eigenvalue weighted by Crippen LogP contribution is -2.27. The summed E-state index contributed by atoms with van der Waals surface area (Å²) >= 11 is 0. The quantitative estimate of drug-likeness (QED) is 0.664. The number of hydrogen-bond acceptors (Lipinski definition) is 3. The molecule has 0 heterocycles. The SMILES string of the molecule is C#CCNC(=O)CC1CC(=O)C(c2c(C)cc(/C=C/C)cc2C)C1=O. The molecule has 1 aliphatic rings. The van der Waals surface area contributed by atoms with Crippen LogP contribution in [0.4, 0.5) is 0 Å². The molecule has 0 aromatic heterocycles. The second-order valence-electron chi connectivity index (χ2n) is 6.46. The predicted octanol–water partition coefficient (Wildman–Crippen LogP) is 2.72. The minimum absolute atomic E-state index is 0.0114. The Balaban J connectivity index is 2.26. The first-order valence-corrected chi connectivity index (χ1v) is 8.39. The van der Waals surface area contributed by atoms with Crippen molar-refractivity contribution in [2.45, 2.75) is 39.5 Å². The fraction of sp³-hybridized carbons (Fsp3) is 0.381. The van der Waals surface area contributed by atoms with Crippen molar-refractivity contribution in [2.75, 3.05) is 6.54 Å². The summed E-state index contributed by atoms with van der Waals surface area (Å²) < 4.78 is 0. The number of amides is 1. The van der Waals surface area contributed by atoms with Crippen molar-refractivity contribution in [2.24, 2.45) is 5.92 Å². The van der Waals surface area contributed by atoms with Crippen LogP contribution in [-0.4, -0.2) is 24.0 Å². The number of terminal acetylenes is 1. The van der Waals surface area contributed by atoms with Crippen molar-refractivity contribution in [1.29, 1.82) is 0 Å². The highest BCUT2D eigenvalue weighted by atomic mass is 16.2. The van der Waals surface area contributed by atoms with Crippen LogP contribution in [-0.2, 0) is 14.4 Å². The van der Waals surface area contributed by atoms with Gasteiger partial charge < -0.3 is 5.32 Å². The number of aryl methyl sites for hydroxylation is 2. The summed E-state index contributed by atoms with van der Waals surface area (Å²) in [6.45, 7) is 5.91. The molecular formula is C21H23NO3. The van der Waals surface area contributed by atoms with Crippen LogP contribution in [0.25, 0.3) is 6.08 Å². The molecule has 0 aliphatic heterocycles. The second-order valence-corrected chi connectivity index (χ2v) is 6.46. The molecule has 25 heavy (non-hydrogen) atoms. The number of Topliss-reactive ketones (excluding diaryl/α,β-unsaturated/α-hetero) is 2. The Hall–Kier alpha value is -2.67. The van der Waals surface area contributed by atoms with Gasteiger partial charge in [0, 0.05) is 18.8 Å². The molecule has 2 atom stereocenters. The molecule has 4 heteroatoms. The van der Waals surface area contributed by atoms with Gasteiger partial charge in [-0.25, -0.2) is 0 Å². The standard InChI is InChI=1S/C21H23NO3/c1-5-7-15-9-13(3)19(14(4)10-15)20-17(23)11-16(21(20)25)12-18(24)22-8-6-2/h2,5,7,9-10,16,20H,8,11-12H2,1,3-4H3,(H,22,24)/b7-5+. The number of carbonyl (C=O) groups is 3. The van der Waals surface area contributed by atoms with Gasteiger partial charge in [0.1, 0.15) is 11.7 Å². The summed E-state index contributed by atoms with van der Waals surface area (Å²) in [4.78, 5) is 37.1. The number of carbonyl (C=O) groups excluding carboxylic acids is 3. The van der Waals surface area contributed by atoms with Gasteiger partial charge in [-0.15, -0.1) is 6.42 Å². The highest BCUT2D eigenvalue weighted by Gasteiger charge is 2.43. The molecule has 1 saturated carbocycles. The van der Waals surface area contributed by atoms with Crippen molar-refractivity contribution < 1.29 is 14.4 Å². The fourth-order valence-electron chi connectivity index (χ4n) is 3.53. The Morgan fingerprint density at radius 2 is 1.96 bits per heavy atom. The van der Waals surface area contributed by atoms with Crippen LogP contribution in [0.5, 0.6) is 0 Å². The Bertz CT molecular complexity index is 760. The summed E-state index contributed by atoms with van der Waals surface area (Å²) in [7, 11) is 0. The minimum atomic E-state index is -0.759. The summed E-state index contributed by atoms with van der Waals surface area (Å²) in [5.74, 6) is 0.436. The second kappa shape index (κ2) is 7.94. The van der Waals surface area contributed by atoms with E-state index in [9.17, 15) is 14.4 Å². The van der Waals surface area contributed by atoms with E-state index in [1.807, 2.05) is 45.1 Å². The third kappa shape index (κ3) is 4.06. The molecule has 4 nitrogen and oxygen atoms in total. The summed E-state index contributed by atoms with van der Waals surface area (Å²) in [5.41, 5.74) is 3.69. The summed E-state index contributed by atoms with van der Waals surface area (Å²) in [6, 6.07) is 3.96. The van der Waals surface area contributed by atoms with E-state index < -0.39 is 11.8 Å². The first kappa shape index (κ1) is 18.7. The van der Waals surface area contributed by atoms with Gasteiger partial charge in [0.15, 0.2) is 5.78 Å². The minimum Gasteiger partial charge on any atom is -0.345 e. The Kier molecular flexibility index (Phi) is 5.93. The molecule has 1 aromatic rings. The van der Waals surface area contributed by atoms with Gasteiger partial charge in [0.2, 0.25) is 5.91 Å². The van der Waals surface area contributed by atoms with E-state index in [2.05, 4.69) is 11.2 Å². The first-order valence-electron chi connectivity index (χ1n) is 8.39. The van der Waals surface area contributed by atoms with Crippen molar-refractivity contribution in [3.05, 3.63) is 40.5 Å². The van der Waals surface area contributed by atoms with E-state index in [4.69, 9.17) is 6.42 Å². The lowest BCUT2D eigenvalue weighted by atomic mass is 9.86. The van der Waals surface area contributed by atoms with E-state index in [1.54, 1.807) is 0 Å². The van der Waals surface area contributed by atoms with Gasteiger partial charge in [0.05, 0.1) is 6.54 Å². The molecule has 0 spiro atoms. The van der Waals surface area contributed by atoms with Crippen LogP contribution in [0.3, 0.4) is 0 Å². The van der Waals surface area contributed by atoms with Crippen LogP contribution >= 0.6 is 0 Å². The summed E-state index contributed by atoms with van der Waals surface area (Å²) in [5, 5.41) is 2.55. The van der Waals surface area contributed by atoms with Crippen molar-refractivity contribution in [1.82, 2.24) is 5.32 Å². The first-order chi connectivity index (χ1) is 11.9. The van der Waals surface area contributed by atoms with Crippen LogP contribution < -0.4 is 5.32 Å². The molecule has 2 rings (SSSR count). The monoisotopic (exact) mass is 337 g/mol. The van der Waals surface area contributed by atoms with Gasteiger partial charge in [-0.2, -0.15) is 0 Å². The average molecular weight is 337 g/mol. The van der Waals surface area contributed by atoms with Gasteiger partial charge >= 0.3 is 0 Å². The number of hydrogen-bond donors (Lipinski definition) is 1. The normalized spacial score (nSPS) is 20.1. The van der Waals surface area contributed by atoms with E-state index in [-0.39, 0.29) is 36.9 Å². The lowest BCUT2D eigenvalue weighted by molar-refractivity contribution is -0.128. The number of nitrogens with one attached hydrogen (secondary N) is 1. The highest BCUT2D eigenvalue weighted by Crippen LogP contribution is 2.37. The molecule has 0 saturated heterocycles. The molecule has 1 fully saturated rings. The lowest BCUT2D eigenvalue weighted by Gasteiger charge is -2.16. The predicted molar refractivity (Wildman–Crippen MR) is 97.9 cm³/mol. The van der Waals surface area contributed by atoms with Gasteiger partial charge in [-0.3, -0.25) is 14.4 Å². The zero-order valence-electron chi connectivity index (χ0n) is 14.9. The Morgan fingerprint density at radius 3 is 2.52 bits per heavy atom. The molecular weight excluding hydrogens is 314 g/mol. The number of allylic oxidation sites excluding steroid dienone is 1. The number of ketones is 2. The molecule has 2 unspecified atom stereocenters. The van der Waals surface area contributed by atoms with Gasteiger partial charge in [-0.1, -0.05) is 30.2 Å². The van der Waals surface area contributed by atoms with E-state index >= 15 is 0 Å². The van der Waals surface area contributed by atoms with Crippen LogP contribution in [0.2, 0.25) is 0 Å². The van der Waals surface area contributed by atoms with Crippen molar-refractivity contribution >= 4 is 23.5 Å². The van der Waals surface area contributed by atoms with Gasteiger partial charge in [-0.05, 0) is 43.0 Å². The Morgan fingerprint density at radius 1 is 1.32 bits per heavy atom. The van der Waals surface area contributed by atoms with Crippen molar-refractivity contribution in [3.8, 4) is 12.3 Å². The zero-order valence-corrected chi connectivity index (χ0v) is 14.9. The average Bonchev–Trinajstić information content (AvgIpc) is 2.80. The molecule has 0 bridgehead atoms. The third-order valence-electron chi connectivity index (χ3n) is 4.54. The summed E-state index contributed by atoms with van der Waals surface area (Å²) in [6.07, 6.45) is 9.17. The van der Waals surface area contributed by atoms with Crippen molar-refractivity contribution in [3.63, 3.8) is 0 Å². The van der Waals surface area contributed by atoms with E-state index in [0.29, 0.717) is 0 Å². The van der Waals surface area contributed by atoms with Crippen LogP contribution in [0, 0.1) is 32.1 Å². The maximum atomic E-state index is 12.8. The maximum absolute atomic E-state index is 12.8. The third-order valence-corrected chi connectivity index (χ3v) is 4.54. The molecule has 1 aliphatic carbocycles. The van der Waals surface area contributed by atoms with E-state index in [0.717, 1.165) is 22.3 Å². The Labute approximate surface area is 148 Å². The van der Waals surface area contributed by atoms with Crippen LogP contribution in [0.15, 0.2) is 18.2 Å². The zero-order chi connectivity index (χ0) is 18.6. The maximum Gasteiger partial charge on any atom is 0.221 e. The smallest absolute Gasteiger partial charge is 0.221 e. The molecule has 1 amide bonds. The van der Waals surface area contributed by atoms with Gasteiger partial charge in [0.25, 0.3) is 0 Å².